The van der Waals surface area contributed by atoms with E-state index in [1.807, 2.05) is 0 Å². The Labute approximate surface area is 95.8 Å². The number of carboxylic acid groups (broad SMARTS) is 1. The summed E-state index contributed by atoms with van der Waals surface area (Å²) < 4.78 is 41.9. The van der Waals surface area contributed by atoms with Crippen LogP contribution in [0.15, 0.2) is 24.3 Å². The molecule has 94 valence electrons. The van der Waals surface area contributed by atoms with Gasteiger partial charge in [-0.05, 0) is 31.2 Å². The minimum Gasteiger partial charge on any atom is -0.490 e. The second-order valence-corrected chi connectivity index (χ2v) is 3.55. The highest BCUT2D eigenvalue weighted by atomic mass is 19.4. The normalized spacial score (nSPS) is 13.2. The summed E-state index contributed by atoms with van der Waals surface area (Å²) >= 11 is 0. The Hall–Kier alpha value is -1.72. The molecule has 0 saturated heterocycles. The topological polar surface area (TPSA) is 46.5 Å². The molecule has 0 bridgehead atoms. The maximum absolute atomic E-state index is 12.2. The zero-order chi connectivity index (χ0) is 13.1. The van der Waals surface area contributed by atoms with E-state index in [2.05, 4.69) is 0 Å². The molecule has 1 aromatic rings. The SMILES string of the molecule is C[C@@H](CC(=O)O)Oc1ccc(C(F)(F)F)cc1. The fourth-order valence-electron chi connectivity index (χ4n) is 1.24. The summed E-state index contributed by atoms with van der Waals surface area (Å²) in [4.78, 5) is 10.4. The Bertz CT molecular complexity index is 384. The van der Waals surface area contributed by atoms with Gasteiger partial charge in [0.25, 0.3) is 0 Å². The van der Waals surface area contributed by atoms with Crippen molar-refractivity contribution in [3.8, 4) is 5.75 Å². The molecule has 0 amide bonds. The molecule has 0 aliphatic heterocycles. The molecule has 6 heteroatoms. The van der Waals surface area contributed by atoms with Gasteiger partial charge in [-0.3, -0.25) is 4.79 Å². The second kappa shape index (κ2) is 5.07. The monoisotopic (exact) mass is 248 g/mol. The van der Waals surface area contributed by atoms with E-state index < -0.39 is 23.8 Å². The van der Waals surface area contributed by atoms with Crippen molar-refractivity contribution in [3.05, 3.63) is 29.8 Å². The first kappa shape index (κ1) is 13.3. The lowest BCUT2D eigenvalue weighted by Crippen LogP contribution is -2.16. The smallest absolute Gasteiger partial charge is 0.416 e. The predicted molar refractivity (Wildman–Crippen MR) is 53.8 cm³/mol. The molecular weight excluding hydrogens is 237 g/mol. The lowest BCUT2D eigenvalue weighted by molar-refractivity contribution is -0.138. The molecular formula is C11H11F3O3. The van der Waals surface area contributed by atoms with Gasteiger partial charge in [-0.2, -0.15) is 13.2 Å². The van der Waals surface area contributed by atoms with E-state index in [0.29, 0.717) is 0 Å². The average Bonchev–Trinajstić information content (AvgIpc) is 2.15. The van der Waals surface area contributed by atoms with Crippen molar-refractivity contribution in [2.45, 2.75) is 25.6 Å². The van der Waals surface area contributed by atoms with Crippen LogP contribution in [0.4, 0.5) is 13.2 Å². The number of hydrogen-bond acceptors (Lipinski definition) is 2. The van der Waals surface area contributed by atoms with Gasteiger partial charge in [0.15, 0.2) is 0 Å². The fourth-order valence-corrected chi connectivity index (χ4v) is 1.24. The molecule has 0 aromatic heterocycles. The molecule has 0 unspecified atom stereocenters. The third-order valence-electron chi connectivity index (χ3n) is 1.98. The summed E-state index contributed by atoms with van der Waals surface area (Å²) in [6.07, 6.45) is -5.18. The number of aliphatic carboxylic acids is 1. The zero-order valence-corrected chi connectivity index (χ0v) is 8.99. The third-order valence-corrected chi connectivity index (χ3v) is 1.98. The van der Waals surface area contributed by atoms with Gasteiger partial charge in [0.05, 0.1) is 12.0 Å². The first-order valence-electron chi connectivity index (χ1n) is 4.85. The molecule has 0 fully saturated rings. The Morgan fingerprint density at radius 2 is 1.88 bits per heavy atom. The van der Waals surface area contributed by atoms with Crippen LogP contribution >= 0.6 is 0 Å². The van der Waals surface area contributed by atoms with Gasteiger partial charge in [0.1, 0.15) is 11.9 Å². The summed E-state index contributed by atoms with van der Waals surface area (Å²) in [5.41, 5.74) is -0.768. The van der Waals surface area contributed by atoms with Crippen LogP contribution in [0.2, 0.25) is 0 Å². The second-order valence-electron chi connectivity index (χ2n) is 3.55. The van der Waals surface area contributed by atoms with E-state index >= 15 is 0 Å². The van der Waals surface area contributed by atoms with Gasteiger partial charge in [0.2, 0.25) is 0 Å². The van der Waals surface area contributed by atoms with E-state index in [1.54, 1.807) is 0 Å². The Morgan fingerprint density at radius 1 is 1.35 bits per heavy atom. The van der Waals surface area contributed by atoms with Crippen LogP contribution in [0.3, 0.4) is 0 Å². The predicted octanol–water partition coefficient (Wildman–Crippen LogP) is 2.95. The highest BCUT2D eigenvalue weighted by Gasteiger charge is 2.30. The molecule has 0 spiro atoms. The van der Waals surface area contributed by atoms with E-state index in [1.165, 1.54) is 19.1 Å². The minimum absolute atomic E-state index is 0.207. The van der Waals surface area contributed by atoms with Crippen molar-refractivity contribution in [3.63, 3.8) is 0 Å². The lowest BCUT2D eigenvalue weighted by Gasteiger charge is -2.13. The van der Waals surface area contributed by atoms with Crippen LogP contribution in [0, 0.1) is 0 Å². The Morgan fingerprint density at radius 3 is 2.29 bits per heavy atom. The molecule has 1 aromatic carbocycles. The van der Waals surface area contributed by atoms with Gasteiger partial charge in [-0.25, -0.2) is 0 Å². The van der Waals surface area contributed by atoms with Crippen LogP contribution in [-0.4, -0.2) is 17.2 Å². The number of rotatable bonds is 4. The van der Waals surface area contributed by atoms with Gasteiger partial charge >= 0.3 is 12.1 Å². The Kier molecular flexibility index (Phi) is 3.98. The van der Waals surface area contributed by atoms with Crippen molar-refractivity contribution < 1.29 is 27.8 Å². The van der Waals surface area contributed by atoms with Crippen LogP contribution in [0.1, 0.15) is 18.9 Å². The van der Waals surface area contributed by atoms with E-state index in [-0.39, 0.29) is 12.2 Å². The summed E-state index contributed by atoms with van der Waals surface area (Å²) in [5.74, 6) is -0.809. The van der Waals surface area contributed by atoms with Crippen molar-refractivity contribution in [1.29, 1.82) is 0 Å². The number of alkyl halides is 3. The van der Waals surface area contributed by atoms with Crippen molar-refractivity contribution in [2.75, 3.05) is 0 Å². The van der Waals surface area contributed by atoms with Crippen molar-refractivity contribution in [1.82, 2.24) is 0 Å². The fraction of sp³-hybridized carbons (Fsp3) is 0.364. The molecule has 0 heterocycles. The highest BCUT2D eigenvalue weighted by Crippen LogP contribution is 2.30. The van der Waals surface area contributed by atoms with E-state index in [0.717, 1.165) is 12.1 Å². The minimum atomic E-state index is -4.38. The maximum atomic E-state index is 12.2. The van der Waals surface area contributed by atoms with Gasteiger partial charge in [0, 0.05) is 0 Å². The highest BCUT2D eigenvalue weighted by molar-refractivity contribution is 5.67. The summed E-state index contributed by atoms with van der Waals surface area (Å²) in [7, 11) is 0. The first-order valence-corrected chi connectivity index (χ1v) is 4.85. The maximum Gasteiger partial charge on any atom is 0.416 e. The number of carboxylic acids is 1. The summed E-state index contributed by atoms with van der Waals surface area (Å²) in [6.45, 7) is 1.53. The molecule has 1 atom stereocenters. The standard InChI is InChI=1S/C11H11F3O3/c1-7(6-10(15)16)17-9-4-2-8(3-5-9)11(12,13)14/h2-5,7H,6H2,1H3,(H,15,16)/t7-/m0/s1. The number of halogens is 3. The van der Waals surface area contributed by atoms with Crippen LogP contribution in [0.25, 0.3) is 0 Å². The third kappa shape index (κ3) is 4.34. The number of hydrogen-bond donors (Lipinski definition) is 1. The zero-order valence-electron chi connectivity index (χ0n) is 8.99. The summed E-state index contributed by atoms with van der Waals surface area (Å²) in [6, 6.07) is 4.12. The van der Waals surface area contributed by atoms with E-state index in [9.17, 15) is 18.0 Å². The van der Waals surface area contributed by atoms with E-state index in [4.69, 9.17) is 9.84 Å². The first-order chi connectivity index (χ1) is 7.79. The number of benzene rings is 1. The average molecular weight is 248 g/mol. The van der Waals surface area contributed by atoms with Gasteiger partial charge in [-0.15, -0.1) is 0 Å². The molecule has 3 nitrogen and oxygen atoms in total. The Balaban J connectivity index is 2.66. The molecule has 0 aliphatic carbocycles. The molecule has 17 heavy (non-hydrogen) atoms. The molecule has 0 saturated carbocycles. The van der Waals surface area contributed by atoms with Gasteiger partial charge < -0.3 is 9.84 Å². The largest absolute Gasteiger partial charge is 0.490 e. The number of carbonyl (C=O) groups is 1. The van der Waals surface area contributed by atoms with Crippen LogP contribution in [-0.2, 0) is 11.0 Å². The van der Waals surface area contributed by atoms with Crippen molar-refractivity contribution >= 4 is 5.97 Å². The molecule has 1 rings (SSSR count). The molecule has 0 radical (unpaired) electrons. The van der Waals surface area contributed by atoms with Crippen molar-refractivity contribution in [2.24, 2.45) is 0 Å². The quantitative estimate of drug-likeness (QED) is 0.891. The van der Waals surface area contributed by atoms with Gasteiger partial charge in [-0.1, -0.05) is 0 Å². The summed E-state index contributed by atoms with van der Waals surface area (Å²) in [5, 5.41) is 8.48. The lowest BCUT2D eigenvalue weighted by atomic mass is 10.2. The van der Waals surface area contributed by atoms with Crippen LogP contribution < -0.4 is 4.74 Å². The molecule has 0 aliphatic rings. The number of ether oxygens (including phenoxy) is 1. The van der Waals surface area contributed by atoms with Crippen LogP contribution in [0.5, 0.6) is 5.75 Å². The molecule has 1 N–H and O–H groups in total.